The van der Waals surface area contributed by atoms with E-state index in [4.69, 9.17) is 10.5 Å². The molecule has 0 heterocycles. The number of nitrogens with two attached hydrogens (primary N) is 1. The highest BCUT2D eigenvalue weighted by Crippen LogP contribution is 2.15. The van der Waals surface area contributed by atoms with Crippen molar-refractivity contribution in [1.82, 2.24) is 5.32 Å². The molecule has 0 spiro atoms. The molecule has 0 aromatic carbocycles. The second-order valence-electron chi connectivity index (χ2n) is 14.4. The number of ether oxygens (including phenoxy) is 1. The summed E-state index contributed by atoms with van der Waals surface area (Å²) < 4.78 is 5.93. The fourth-order valence-corrected chi connectivity index (χ4v) is 5.98. The van der Waals surface area contributed by atoms with Crippen LogP contribution in [0.5, 0.6) is 0 Å². The highest BCUT2D eigenvalue weighted by Gasteiger charge is 2.18. The van der Waals surface area contributed by atoms with Crippen LogP contribution in [0.4, 0.5) is 0 Å². The van der Waals surface area contributed by atoms with Crippen molar-refractivity contribution in [3.8, 4) is 0 Å². The number of amides is 1. The van der Waals surface area contributed by atoms with Gasteiger partial charge in [-0.2, -0.15) is 0 Å². The van der Waals surface area contributed by atoms with Crippen LogP contribution in [0.15, 0.2) is 72.9 Å². The Morgan fingerprint density at radius 3 is 1.65 bits per heavy atom. The first-order chi connectivity index (χ1) is 26.4. The first-order valence-corrected chi connectivity index (χ1v) is 21.8. The molecule has 0 radical (unpaired) electrons. The van der Waals surface area contributed by atoms with Crippen LogP contribution < -0.4 is 11.1 Å². The van der Waals surface area contributed by atoms with E-state index in [9.17, 15) is 19.5 Å². The maximum Gasteiger partial charge on any atom is 0.326 e. The van der Waals surface area contributed by atoms with Crippen molar-refractivity contribution in [3.05, 3.63) is 72.9 Å². The van der Waals surface area contributed by atoms with E-state index >= 15 is 0 Å². The van der Waals surface area contributed by atoms with Crippen LogP contribution in [0.3, 0.4) is 0 Å². The second kappa shape index (κ2) is 41.0. The molecule has 0 aliphatic carbocycles. The van der Waals surface area contributed by atoms with Gasteiger partial charge in [-0.15, -0.1) is 0 Å². The maximum absolute atomic E-state index is 12.8. The zero-order valence-corrected chi connectivity index (χ0v) is 34.5. The lowest BCUT2D eigenvalue weighted by Crippen LogP contribution is -2.40. The van der Waals surface area contributed by atoms with Crippen molar-refractivity contribution >= 4 is 17.8 Å². The van der Waals surface area contributed by atoms with Crippen molar-refractivity contribution in [2.24, 2.45) is 5.73 Å². The lowest BCUT2D eigenvalue weighted by molar-refractivity contribution is -0.147. The van der Waals surface area contributed by atoms with Crippen molar-refractivity contribution < 1.29 is 24.2 Å². The number of carboxylic acids is 1. The molecular formula is C47H80N2O5. The minimum absolute atomic E-state index is 0.109. The summed E-state index contributed by atoms with van der Waals surface area (Å²) in [7, 11) is 0. The van der Waals surface area contributed by atoms with Crippen molar-refractivity contribution in [2.75, 3.05) is 6.54 Å². The smallest absolute Gasteiger partial charge is 0.326 e. The van der Waals surface area contributed by atoms with Crippen molar-refractivity contribution in [2.45, 2.75) is 199 Å². The van der Waals surface area contributed by atoms with Crippen LogP contribution in [0, 0.1) is 0 Å². The summed E-state index contributed by atoms with van der Waals surface area (Å²) in [4.78, 5) is 36.3. The van der Waals surface area contributed by atoms with Crippen LogP contribution in [0.2, 0.25) is 0 Å². The summed E-state index contributed by atoms with van der Waals surface area (Å²) in [5, 5.41) is 11.9. The fourth-order valence-electron chi connectivity index (χ4n) is 5.98. The van der Waals surface area contributed by atoms with Gasteiger partial charge in [-0.25, -0.2) is 4.79 Å². The van der Waals surface area contributed by atoms with Gasteiger partial charge in [-0.3, -0.25) is 9.59 Å². The Labute approximate surface area is 331 Å². The average molecular weight is 753 g/mol. The molecular weight excluding hydrogens is 673 g/mol. The minimum Gasteiger partial charge on any atom is -0.480 e. The molecule has 308 valence electrons. The molecule has 0 saturated heterocycles. The van der Waals surface area contributed by atoms with Crippen LogP contribution in [-0.4, -0.2) is 41.6 Å². The normalized spacial score (nSPS) is 13.4. The maximum atomic E-state index is 12.8. The highest BCUT2D eigenvalue weighted by atomic mass is 16.5. The van der Waals surface area contributed by atoms with E-state index in [1.165, 1.54) is 64.2 Å². The number of nitrogens with one attached hydrogen (secondary N) is 1. The number of hydrogen-bond acceptors (Lipinski definition) is 5. The Bertz CT molecular complexity index is 1070. The Kier molecular flexibility index (Phi) is 38.6. The topological polar surface area (TPSA) is 119 Å². The van der Waals surface area contributed by atoms with Gasteiger partial charge in [-0.1, -0.05) is 145 Å². The first kappa shape index (κ1) is 50.8. The summed E-state index contributed by atoms with van der Waals surface area (Å²) in [5.41, 5.74) is 5.48. The van der Waals surface area contributed by atoms with Gasteiger partial charge in [0.15, 0.2) is 0 Å². The number of hydrogen-bond donors (Lipinski definition) is 3. The highest BCUT2D eigenvalue weighted by molar-refractivity contribution is 5.83. The summed E-state index contributed by atoms with van der Waals surface area (Å²) in [6.45, 7) is 4.79. The predicted molar refractivity (Wildman–Crippen MR) is 229 cm³/mol. The fraction of sp³-hybridized carbons (Fsp3) is 0.681. The second-order valence-corrected chi connectivity index (χ2v) is 14.4. The van der Waals surface area contributed by atoms with Crippen LogP contribution in [0.1, 0.15) is 187 Å². The monoisotopic (exact) mass is 753 g/mol. The number of esters is 1. The Balaban J connectivity index is 4.43. The van der Waals surface area contributed by atoms with Crippen LogP contribution in [-0.2, 0) is 19.1 Å². The Morgan fingerprint density at radius 2 is 1.07 bits per heavy atom. The molecule has 1 amide bonds. The lowest BCUT2D eigenvalue weighted by atomic mass is 10.1. The SMILES string of the molecule is CC/C=C\C/C=C\C/C=C\C/C=C\C(CCCCCCCC(=O)NC(CCCN)C(=O)O)OC(=O)CCCCCCCCC/C=C\C/C=C\CCCCC. The van der Waals surface area contributed by atoms with Gasteiger partial charge in [0.1, 0.15) is 12.1 Å². The predicted octanol–water partition coefficient (Wildman–Crippen LogP) is 12.3. The molecule has 0 saturated carbocycles. The quantitative estimate of drug-likeness (QED) is 0.0328. The molecule has 0 fully saturated rings. The van der Waals surface area contributed by atoms with Crippen molar-refractivity contribution in [3.63, 3.8) is 0 Å². The third-order valence-electron chi connectivity index (χ3n) is 9.24. The summed E-state index contributed by atoms with van der Waals surface area (Å²) >= 11 is 0. The van der Waals surface area contributed by atoms with Gasteiger partial charge in [-0.05, 0) is 109 Å². The summed E-state index contributed by atoms with van der Waals surface area (Å²) in [6, 6.07) is -0.871. The molecule has 2 unspecified atom stereocenters. The van der Waals surface area contributed by atoms with E-state index in [0.29, 0.717) is 32.2 Å². The molecule has 4 N–H and O–H groups in total. The Hall–Kier alpha value is -3.19. The number of carbonyl (C=O) groups is 3. The van der Waals surface area contributed by atoms with E-state index in [-0.39, 0.29) is 18.0 Å². The van der Waals surface area contributed by atoms with E-state index in [1.54, 1.807) is 0 Å². The molecule has 0 aliphatic rings. The summed E-state index contributed by atoms with van der Waals surface area (Å²) in [6.07, 6.45) is 52.5. The molecule has 0 aromatic rings. The zero-order valence-electron chi connectivity index (χ0n) is 34.5. The minimum atomic E-state index is -1.02. The first-order valence-electron chi connectivity index (χ1n) is 21.8. The van der Waals surface area contributed by atoms with Gasteiger partial charge in [0.25, 0.3) is 0 Å². The third-order valence-corrected chi connectivity index (χ3v) is 9.24. The average Bonchev–Trinajstić information content (AvgIpc) is 3.16. The molecule has 0 rings (SSSR count). The van der Waals surface area contributed by atoms with E-state index in [0.717, 1.165) is 83.5 Å². The lowest BCUT2D eigenvalue weighted by Gasteiger charge is -2.15. The van der Waals surface area contributed by atoms with Crippen LogP contribution in [0.25, 0.3) is 0 Å². The number of rotatable bonds is 38. The molecule has 54 heavy (non-hydrogen) atoms. The van der Waals surface area contributed by atoms with Gasteiger partial charge >= 0.3 is 11.9 Å². The van der Waals surface area contributed by atoms with Gasteiger partial charge < -0.3 is 20.9 Å². The van der Waals surface area contributed by atoms with E-state index in [2.05, 4.69) is 86.0 Å². The number of carbonyl (C=O) groups excluding carboxylic acids is 2. The zero-order chi connectivity index (χ0) is 39.6. The van der Waals surface area contributed by atoms with Crippen LogP contribution >= 0.6 is 0 Å². The largest absolute Gasteiger partial charge is 0.480 e. The third kappa shape index (κ3) is 37.1. The molecule has 7 heteroatoms. The molecule has 0 aromatic heterocycles. The molecule has 0 bridgehead atoms. The van der Waals surface area contributed by atoms with E-state index in [1.807, 2.05) is 6.08 Å². The van der Waals surface area contributed by atoms with Gasteiger partial charge in [0, 0.05) is 12.8 Å². The van der Waals surface area contributed by atoms with E-state index < -0.39 is 12.0 Å². The molecule has 7 nitrogen and oxygen atoms in total. The standard InChI is InChI=1S/C47H80N2O5/c1-3-5-7-9-11-13-15-16-17-18-19-20-22-24-26-31-35-41-46(51)54-43(37-32-28-25-23-21-14-12-10-8-6-4-2)38-33-29-27-30-34-40-45(50)49-44(47(52)53)39-36-42-48/h6,8,11-14,16-17,23,25,32,37,43-44H,3-5,7,9-10,15,18-22,24,26-31,33-36,38-42,48H2,1-2H3,(H,49,50)(H,52,53)/b8-6-,13-11-,14-12-,17-16-,25-23-,37-32-. The number of unbranched alkanes of at least 4 members (excludes halogenated alkanes) is 14. The van der Waals surface area contributed by atoms with Gasteiger partial charge in [0.2, 0.25) is 5.91 Å². The number of carboxylic acid groups (broad SMARTS) is 1. The Morgan fingerprint density at radius 1 is 0.574 bits per heavy atom. The van der Waals surface area contributed by atoms with Gasteiger partial charge in [0.05, 0.1) is 0 Å². The number of aliphatic carboxylic acids is 1. The molecule has 0 aliphatic heterocycles. The van der Waals surface area contributed by atoms with Crippen molar-refractivity contribution in [1.29, 1.82) is 0 Å². The molecule has 2 atom stereocenters. The summed E-state index contributed by atoms with van der Waals surface area (Å²) in [5.74, 6) is -1.35. The number of allylic oxidation sites excluding steroid dienone is 11.